The zero-order chi connectivity index (χ0) is 25.5. The predicted octanol–water partition coefficient (Wildman–Crippen LogP) is 4.08. The van der Waals surface area contributed by atoms with Crippen molar-refractivity contribution in [3.8, 4) is 0 Å². The van der Waals surface area contributed by atoms with E-state index in [9.17, 15) is 9.59 Å². The van der Waals surface area contributed by atoms with Crippen LogP contribution in [0.15, 0.2) is 42.5 Å². The van der Waals surface area contributed by atoms with E-state index in [4.69, 9.17) is 4.74 Å². The first-order chi connectivity index (χ1) is 17.3. The van der Waals surface area contributed by atoms with Crippen molar-refractivity contribution in [2.45, 2.75) is 46.6 Å². The highest BCUT2D eigenvalue weighted by Crippen LogP contribution is 2.30. The second kappa shape index (κ2) is 11.9. The number of carbonyl (C=O) groups excluding carboxylic acids is 2. The standard InChI is InChI=1S/C29H40N4O3/c1-29(2,3)20-27(34)31-24-9-10-26(33-14-11-22-7-4-5-8-23(22)21-33)25(19-24)28(35)30-12-6-13-32-15-17-36-18-16-32/h4-5,7-10,19H,6,11-18,20-21H2,1-3H3,(H,30,35)(H,31,34). The number of hydrogen-bond acceptors (Lipinski definition) is 5. The molecule has 7 nitrogen and oxygen atoms in total. The molecule has 0 bridgehead atoms. The number of nitrogens with one attached hydrogen (secondary N) is 2. The SMILES string of the molecule is CC(C)(C)CC(=O)Nc1ccc(N2CCc3ccccc3C2)c(C(=O)NCCCN2CCOCC2)c1. The molecular formula is C29H40N4O3. The summed E-state index contributed by atoms with van der Waals surface area (Å²) < 4.78 is 5.41. The number of amides is 2. The first kappa shape index (κ1) is 26.2. The normalized spacial score (nSPS) is 16.4. The van der Waals surface area contributed by atoms with Gasteiger partial charge in [0.1, 0.15) is 0 Å². The van der Waals surface area contributed by atoms with Gasteiger partial charge in [0.2, 0.25) is 5.91 Å². The van der Waals surface area contributed by atoms with Crippen LogP contribution in [0, 0.1) is 5.41 Å². The van der Waals surface area contributed by atoms with E-state index in [0.717, 1.165) is 64.5 Å². The number of anilines is 2. The number of ether oxygens (including phenoxy) is 1. The van der Waals surface area contributed by atoms with Crippen LogP contribution < -0.4 is 15.5 Å². The highest BCUT2D eigenvalue weighted by molar-refractivity contribution is 6.02. The molecule has 0 aliphatic carbocycles. The summed E-state index contributed by atoms with van der Waals surface area (Å²) in [5.74, 6) is -0.142. The quantitative estimate of drug-likeness (QED) is 0.544. The summed E-state index contributed by atoms with van der Waals surface area (Å²) in [4.78, 5) is 30.6. The topological polar surface area (TPSA) is 73.9 Å². The Balaban J connectivity index is 1.47. The van der Waals surface area contributed by atoms with Gasteiger partial charge in [0.05, 0.1) is 18.8 Å². The molecule has 1 saturated heterocycles. The summed E-state index contributed by atoms with van der Waals surface area (Å²) in [5.41, 5.74) is 4.73. The molecule has 0 spiro atoms. The molecule has 0 radical (unpaired) electrons. The smallest absolute Gasteiger partial charge is 0.253 e. The van der Waals surface area contributed by atoms with Crippen LogP contribution >= 0.6 is 0 Å². The Morgan fingerprint density at radius 2 is 1.75 bits per heavy atom. The molecule has 2 heterocycles. The molecule has 2 aromatic rings. The fourth-order valence-corrected chi connectivity index (χ4v) is 4.88. The molecule has 7 heteroatoms. The van der Waals surface area contributed by atoms with Crippen molar-refractivity contribution in [1.29, 1.82) is 0 Å². The summed E-state index contributed by atoms with van der Waals surface area (Å²) in [5, 5.41) is 6.11. The molecule has 36 heavy (non-hydrogen) atoms. The minimum Gasteiger partial charge on any atom is -0.379 e. The summed E-state index contributed by atoms with van der Waals surface area (Å²) >= 11 is 0. The second-order valence-corrected chi connectivity index (χ2v) is 11.0. The average Bonchev–Trinajstić information content (AvgIpc) is 2.85. The summed E-state index contributed by atoms with van der Waals surface area (Å²) in [6.45, 7) is 12.8. The van der Waals surface area contributed by atoms with Gasteiger partial charge in [-0.3, -0.25) is 14.5 Å². The van der Waals surface area contributed by atoms with Crippen molar-refractivity contribution in [2.75, 3.05) is 56.2 Å². The van der Waals surface area contributed by atoms with Crippen LogP contribution in [0.2, 0.25) is 0 Å². The number of hydrogen-bond donors (Lipinski definition) is 2. The molecule has 4 rings (SSSR count). The van der Waals surface area contributed by atoms with E-state index in [1.54, 1.807) is 0 Å². The van der Waals surface area contributed by atoms with Gasteiger partial charge in [-0.15, -0.1) is 0 Å². The van der Waals surface area contributed by atoms with Crippen LogP contribution in [0.5, 0.6) is 0 Å². The Morgan fingerprint density at radius 3 is 2.50 bits per heavy atom. The van der Waals surface area contributed by atoms with Gasteiger partial charge in [-0.05, 0) is 54.1 Å². The van der Waals surface area contributed by atoms with E-state index in [-0.39, 0.29) is 17.2 Å². The monoisotopic (exact) mass is 492 g/mol. The number of fused-ring (bicyclic) bond motifs is 1. The third-order valence-electron chi connectivity index (χ3n) is 6.73. The van der Waals surface area contributed by atoms with Crippen LogP contribution in [-0.4, -0.2) is 62.7 Å². The lowest BCUT2D eigenvalue weighted by molar-refractivity contribution is -0.117. The van der Waals surface area contributed by atoms with Crippen LogP contribution in [0.4, 0.5) is 11.4 Å². The summed E-state index contributed by atoms with van der Waals surface area (Å²) in [6.07, 6.45) is 2.25. The van der Waals surface area contributed by atoms with Gasteiger partial charge in [-0.25, -0.2) is 0 Å². The Kier molecular flexibility index (Phi) is 8.64. The van der Waals surface area contributed by atoms with Gasteiger partial charge in [0.25, 0.3) is 5.91 Å². The number of benzene rings is 2. The summed E-state index contributed by atoms with van der Waals surface area (Å²) in [7, 11) is 0. The fourth-order valence-electron chi connectivity index (χ4n) is 4.88. The molecule has 2 N–H and O–H groups in total. The lowest BCUT2D eigenvalue weighted by Crippen LogP contribution is -2.38. The van der Waals surface area contributed by atoms with Crippen molar-refractivity contribution in [2.24, 2.45) is 5.41 Å². The third-order valence-corrected chi connectivity index (χ3v) is 6.73. The highest BCUT2D eigenvalue weighted by Gasteiger charge is 2.23. The molecule has 2 aromatic carbocycles. The highest BCUT2D eigenvalue weighted by atomic mass is 16.5. The van der Waals surface area contributed by atoms with E-state index in [0.29, 0.717) is 24.2 Å². The molecule has 2 amide bonds. The van der Waals surface area contributed by atoms with E-state index in [1.807, 2.05) is 39.0 Å². The lowest BCUT2D eigenvalue weighted by Gasteiger charge is -2.32. The first-order valence-electron chi connectivity index (χ1n) is 13.1. The maximum atomic E-state index is 13.4. The summed E-state index contributed by atoms with van der Waals surface area (Å²) in [6, 6.07) is 14.2. The molecular weight excluding hydrogens is 452 g/mol. The number of morpholine rings is 1. The zero-order valence-corrected chi connectivity index (χ0v) is 21.9. The molecule has 1 fully saturated rings. The number of nitrogens with zero attached hydrogens (tertiary/aromatic N) is 2. The zero-order valence-electron chi connectivity index (χ0n) is 21.9. The number of carbonyl (C=O) groups is 2. The molecule has 194 valence electrons. The molecule has 2 aliphatic heterocycles. The van der Waals surface area contributed by atoms with Crippen molar-refractivity contribution in [1.82, 2.24) is 10.2 Å². The maximum absolute atomic E-state index is 13.4. The fraction of sp³-hybridized carbons (Fsp3) is 0.517. The Hall–Kier alpha value is -2.90. The van der Waals surface area contributed by atoms with Gasteiger partial charge >= 0.3 is 0 Å². The Bertz CT molecular complexity index is 1060. The van der Waals surface area contributed by atoms with Crippen molar-refractivity contribution in [3.05, 3.63) is 59.2 Å². The third kappa shape index (κ3) is 7.31. The van der Waals surface area contributed by atoms with Crippen LogP contribution in [-0.2, 0) is 22.5 Å². The van der Waals surface area contributed by atoms with Gasteiger partial charge in [0, 0.05) is 50.5 Å². The molecule has 0 atom stereocenters. The van der Waals surface area contributed by atoms with Crippen molar-refractivity contribution < 1.29 is 14.3 Å². The molecule has 2 aliphatic rings. The maximum Gasteiger partial charge on any atom is 0.253 e. The lowest BCUT2D eigenvalue weighted by atomic mass is 9.92. The second-order valence-electron chi connectivity index (χ2n) is 11.0. The van der Waals surface area contributed by atoms with Gasteiger partial charge < -0.3 is 20.3 Å². The number of rotatable bonds is 8. The Labute approximate surface area is 215 Å². The molecule has 0 unspecified atom stereocenters. The predicted molar refractivity (Wildman–Crippen MR) is 145 cm³/mol. The van der Waals surface area contributed by atoms with Gasteiger partial charge in [-0.1, -0.05) is 45.0 Å². The van der Waals surface area contributed by atoms with E-state index in [1.165, 1.54) is 11.1 Å². The average molecular weight is 493 g/mol. The van der Waals surface area contributed by atoms with Crippen molar-refractivity contribution in [3.63, 3.8) is 0 Å². The van der Waals surface area contributed by atoms with Crippen LogP contribution in [0.25, 0.3) is 0 Å². The van der Waals surface area contributed by atoms with Gasteiger partial charge in [-0.2, -0.15) is 0 Å². The molecule has 0 saturated carbocycles. The minimum atomic E-state index is -0.105. The van der Waals surface area contributed by atoms with Gasteiger partial charge in [0.15, 0.2) is 0 Å². The van der Waals surface area contributed by atoms with E-state index in [2.05, 4.69) is 44.7 Å². The largest absolute Gasteiger partial charge is 0.379 e. The minimum absolute atomic E-state index is 0.0426. The molecule has 0 aromatic heterocycles. The Morgan fingerprint density at radius 1 is 1.00 bits per heavy atom. The van der Waals surface area contributed by atoms with Crippen LogP contribution in [0.1, 0.15) is 55.1 Å². The van der Waals surface area contributed by atoms with E-state index < -0.39 is 0 Å². The van der Waals surface area contributed by atoms with E-state index >= 15 is 0 Å². The van der Waals surface area contributed by atoms with Crippen LogP contribution in [0.3, 0.4) is 0 Å². The first-order valence-corrected chi connectivity index (χ1v) is 13.1. The van der Waals surface area contributed by atoms with Crippen molar-refractivity contribution >= 4 is 23.2 Å².